The lowest BCUT2D eigenvalue weighted by atomic mass is 10.2. The summed E-state index contributed by atoms with van der Waals surface area (Å²) in [4.78, 5) is 4.64. The number of aryl methyl sites for hydroxylation is 1. The van der Waals surface area contributed by atoms with Crippen LogP contribution in [-0.4, -0.2) is 22.8 Å². The van der Waals surface area contributed by atoms with Gasteiger partial charge in [-0.05, 0) is 49.7 Å². The molecule has 1 aromatic heterocycles. The number of nitrogens with zero attached hydrogens (tertiary/aromatic N) is 3. The molecule has 0 saturated heterocycles. The van der Waals surface area contributed by atoms with Crippen LogP contribution in [0.2, 0.25) is 0 Å². The van der Waals surface area contributed by atoms with Gasteiger partial charge in [0.2, 0.25) is 6.79 Å². The fraction of sp³-hybridized carbons (Fsp3) is 0.158. The predicted molar refractivity (Wildman–Crippen MR) is 92.9 cm³/mol. The number of hydrogen-bond donors (Lipinski definition) is 0. The molecule has 1 aliphatic heterocycles. The lowest BCUT2D eigenvalue weighted by Crippen LogP contribution is -1.98. The van der Waals surface area contributed by atoms with Crippen LogP contribution in [-0.2, 0) is 0 Å². The van der Waals surface area contributed by atoms with E-state index < -0.39 is 0 Å². The molecule has 0 radical (unpaired) electrons. The Hall–Kier alpha value is -3.08. The van der Waals surface area contributed by atoms with Gasteiger partial charge in [0.1, 0.15) is 5.69 Å². The summed E-state index contributed by atoms with van der Waals surface area (Å²) in [5.74, 6) is 1.53. The van der Waals surface area contributed by atoms with E-state index in [1.54, 1.807) is 0 Å². The zero-order valence-electron chi connectivity index (χ0n) is 13.6. The Labute approximate surface area is 140 Å². The molecule has 2 aromatic carbocycles. The molecule has 0 unspecified atom stereocenters. The minimum absolute atomic E-state index is 0.276. The Morgan fingerprint density at radius 1 is 1.04 bits per heavy atom. The molecular formula is C19H17N3O2. The zero-order valence-corrected chi connectivity index (χ0v) is 13.6. The van der Waals surface area contributed by atoms with E-state index in [2.05, 4.69) is 10.1 Å². The normalized spacial score (nSPS) is 12.9. The molecule has 0 aliphatic carbocycles. The van der Waals surface area contributed by atoms with Gasteiger partial charge in [0.15, 0.2) is 11.5 Å². The van der Waals surface area contributed by atoms with Crippen LogP contribution in [0.4, 0.5) is 5.69 Å². The largest absolute Gasteiger partial charge is 0.454 e. The first-order valence-corrected chi connectivity index (χ1v) is 7.78. The summed E-state index contributed by atoms with van der Waals surface area (Å²) >= 11 is 0. The maximum absolute atomic E-state index is 5.40. The number of hydrogen-bond acceptors (Lipinski definition) is 4. The zero-order chi connectivity index (χ0) is 16.5. The summed E-state index contributed by atoms with van der Waals surface area (Å²) in [6.45, 7) is 4.27. The van der Waals surface area contributed by atoms with Gasteiger partial charge in [0.25, 0.3) is 0 Å². The highest BCUT2D eigenvalue weighted by Gasteiger charge is 2.14. The summed E-state index contributed by atoms with van der Waals surface area (Å²) in [5.41, 5.74) is 4.79. The van der Waals surface area contributed by atoms with Crippen LogP contribution < -0.4 is 9.47 Å². The van der Waals surface area contributed by atoms with E-state index in [1.807, 2.05) is 73.3 Å². The summed E-state index contributed by atoms with van der Waals surface area (Å²) < 4.78 is 12.6. The van der Waals surface area contributed by atoms with Crippen molar-refractivity contribution >= 4 is 11.9 Å². The molecule has 2 heterocycles. The maximum Gasteiger partial charge on any atom is 0.231 e. The van der Waals surface area contributed by atoms with Crippen molar-refractivity contribution in [2.75, 3.05) is 6.79 Å². The van der Waals surface area contributed by atoms with Gasteiger partial charge in [-0.2, -0.15) is 5.10 Å². The SMILES string of the molecule is Cc1nn(-c2ccccc2)c(C)c1N=Cc1ccc2c(c1)OCO2. The number of para-hydroxylation sites is 1. The Kier molecular flexibility index (Phi) is 3.54. The Morgan fingerprint density at radius 3 is 2.67 bits per heavy atom. The van der Waals surface area contributed by atoms with Crippen LogP contribution in [0.5, 0.6) is 11.5 Å². The molecule has 0 atom stereocenters. The van der Waals surface area contributed by atoms with Gasteiger partial charge in [0, 0.05) is 6.21 Å². The molecule has 5 nitrogen and oxygen atoms in total. The number of fused-ring (bicyclic) bond motifs is 1. The molecule has 1 aliphatic rings. The lowest BCUT2D eigenvalue weighted by molar-refractivity contribution is 0.174. The highest BCUT2D eigenvalue weighted by molar-refractivity contribution is 5.83. The first kappa shape index (κ1) is 14.5. The van der Waals surface area contributed by atoms with Crippen molar-refractivity contribution in [3.8, 4) is 17.2 Å². The second kappa shape index (κ2) is 5.85. The highest BCUT2D eigenvalue weighted by Crippen LogP contribution is 2.32. The van der Waals surface area contributed by atoms with Gasteiger partial charge in [-0.3, -0.25) is 4.99 Å². The first-order chi connectivity index (χ1) is 11.7. The van der Waals surface area contributed by atoms with Crippen molar-refractivity contribution < 1.29 is 9.47 Å². The monoisotopic (exact) mass is 319 g/mol. The smallest absolute Gasteiger partial charge is 0.231 e. The molecule has 3 aromatic rings. The van der Waals surface area contributed by atoms with E-state index >= 15 is 0 Å². The molecule has 0 amide bonds. The molecule has 120 valence electrons. The quantitative estimate of drug-likeness (QED) is 0.686. The molecule has 5 heteroatoms. The molecule has 0 fully saturated rings. The van der Waals surface area contributed by atoms with Gasteiger partial charge in [0.05, 0.1) is 17.1 Å². The van der Waals surface area contributed by atoms with E-state index in [1.165, 1.54) is 0 Å². The van der Waals surface area contributed by atoms with E-state index in [0.717, 1.165) is 39.8 Å². The molecular weight excluding hydrogens is 302 g/mol. The number of benzene rings is 2. The third-order valence-electron chi connectivity index (χ3n) is 3.99. The molecule has 0 saturated carbocycles. The van der Waals surface area contributed by atoms with Crippen LogP contribution in [0.1, 0.15) is 17.0 Å². The average Bonchev–Trinajstić information content (AvgIpc) is 3.18. The second-order valence-corrected chi connectivity index (χ2v) is 5.64. The van der Waals surface area contributed by atoms with Crippen LogP contribution in [0.3, 0.4) is 0 Å². The van der Waals surface area contributed by atoms with Crippen LogP contribution in [0, 0.1) is 13.8 Å². The van der Waals surface area contributed by atoms with Crippen molar-refractivity contribution in [2.45, 2.75) is 13.8 Å². The Morgan fingerprint density at radius 2 is 1.83 bits per heavy atom. The molecule has 0 spiro atoms. The number of aromatic nitrogens is 2. The van der Waals surface area contributed by atoms with E-state index in [0.29, 0.717) is 0 Å². The van der Waals surface area contributed by atoms with E-state index in [-0.39, 0.29) is 6.79 Å². The third-order valence-corrected chi connectivity index (χ3v) is 3.99. The van der Waals surface area contributed by atoms with Gasteiger partial charge < -0.3 is 9.47 Å². The van der Waals surface area contributed by atoms with E-state index in [4.69, 9.17) is 9.47 Å². The molecule has 24 heavy (non-hydrogen) atoms. The Balaban J connectivity index is 1.66. The van der Waals surface area contributed by atoms with Gasteiger partial charge >= 0.3 is 0 Å². The highest BCUT2D eigenvalue weighted by atomic mass is 16.7. The summed E-state index contributed by atoms with van der Waals surface area (Å²) in [6.07, 6.45) is 1.83. The van der Waals surface area contributed by atoms with Crippen molar-refractivity contribution in [3.63, 3.8) is 0 Å². The fourth-order valence-electron chi connectivity index (χ4n) is 2.77. The van der Waals surface area contributed by atoms with Crippen molar-refractivity contribution in [1.29, 1.82) is 0 Å². The van der Waals surface area contributed by atoms with Crippen molar-refractivity contribution in [2.24, 2.45) is 4.99 Å². The van der Waals surface area contributed by atoms with Gasteiger partial charge in [-0.15, -0.1) is 0 Å². The topological polar surface area (TPSA) is 48.6 Å². The van der Waals surface area contributed by atoms with Crippen molar-refractivity contribution in [3.05, 3.63) is 65.5 Å². The summed E-state index contributed by atoms with van der Waals surface area (Å²) in [6, 6.07) is 15.9. The number of rotatable bonds is 3. The lowest BCUT2D eigenvalue weighted by Gasteiger charge is -2.03. The minimum atomic E-state index is 0.276. The average molecular weight is 319 g/mol. The van der Waals surface area contributed by atoms with Gasteiger partial charge in [-0.1, -0.05) is 18.2 Å². The second-order valence-electron chi connectivity index (χ2n) is 5.64. The minimum Gasteiger partial charge on any atom is -0.454 e. The van der Waals surface area contributed by atoms with Crippen LogP contribution >= 0.6 is 0 Å². The predicted octanol–water partition coefficient (Wildman–Crippen LogP) is 3.97. The number of ether oxygens (including phenoxy) is 2. The maximum atomic E-state index is 5.40. The fourth-order valence-corrected chi connectivity index (χ4v) is 2.77. The molecule has 0 N–H and O–H groups in total. The summed E-state index contributed by atoms with van der Waals surface area (Å²) in [7, 11) is 0. The molecule has 0 bridgehead atoms. The van der Waals surface area contributed by atoms with Crippen molar-refractivity contribution in [1.82, 2.24) is 9.78 Å². The summed E-state index contributed by atoms with van der Waals surface area (Å²) in [5, 5.41) is 4.61. The Bertz CT molecular complexity index is 914. The van der Waals surface area contributed by atoms with Crippen LogP contribution in [0.25, 0.3) is 5.69 Å². The first-order valence-electron chi connectivity index (χ1n) is 7.78. The third kappa shape index (κ3) is 2.54. The standard InChI is InChI=1S/C19H17N3O2/c1-13-19(14(2)22(21-13)16-6-4-3-5-7-16)20-11-15-8-9-17-18(10-15)24-12-23-17/h3-11H,12H2,1-2H3. The van der Waals surface area contributed by atoms with Crippen LogP contribution in [0.15, 0.2) is 53.5 Å². The van der Waals surface area contributed by atoms with E-state index in [9.17, 15) is 0 Å². The van der Waals surface area contributed by atoms with Gasteiger partial charge in [-0.25, -0.2) is 4.68 Å². The molecule has 4 rings (SSSR count). The number of aliphatic imine (C=N–C) groups is 1.